The van der Waals surface area contributed by atoms with Crippen molar-refractivity contribution in [3.05, 3.63) is 0 Å². The van der Waals surface area contributed by atoms with Gasteiger partial charge in [0.2, 0.25) is 0 Å². The van der Waals surface area contributed by atoms with E-state index in [-0.39, 0.29) is 12.4 Å². The molecule has 27 heavy (non-hydrogen) atoms. The number of ketones is 1. The predicted molar refractivity (Wildman–Crippen MR) is 107 cm³/mol. The van der Waals surface area contributed by atoms with Crippen LogP contribution in [0.1, 0.15) is 85.5 Å². The topological polar surface area (TPSA) is 46.5 Å². The van der Waals surface area contributed by atoms with E-state index in [1.54, 1.807) is 6.92 Å². The van der Waals surface area contributed by atoms with Gasteiger partial charge in [-0.3, -0.25) is 4.79 Å². The Morgan fingerprint density at radius 2 is 1.70 bits per heavy atom. The summed E-state index contributed by atoms with van der Waals surface area (Å²) in [6, 6.07) is 0. The third kappa shape index (κ3) is 3.31. The fourth-order valence-corrected chi connectivity index (χ4v) is 8.16. The monoisotopic (exact) mass is 376 g/mol. The van der Waals surface area contributed by atoms with Gasteiger partial charge in [-0.1, -0.05) is 13.8 Å². The van der Waals surface area contributed by atoms with E-state index in [1.165, 1.54) is 44.9 Å². The number of rotatable bonds is 4. The summed E-state index contributed by atoms with van der Waals surface area (Å²) in [5, 5.41) is 10.6. The Bertz CT molecular complexity index is 584. The van der Waals surface area contributed by atoms with Crippen LogP contribution >= 0.6 is 0 Å². The molecular weight excluding hydrogens is 336 g/mol. The maximum Gasteiger partial charge on any atom is 0.155 e. The largest absolute Gasteiger partial charge is 0.390 e. The molecule has 154 valence electrons. The van der Waals surface area contributed by atoms with Crippen molar-refractivity contribution in [2.45, 2.75) is 91.1 Å². The lowest BCUT2D eigenvalue weighted by molar-refractivity contribution is -0.148. The highest BCUT2D eigenvalue weighted by molar-refractivity contribution is 5.76. The molecule has 0 saturated heterocycles. The average molecular weight is 377 g/mol. The van der Waals surface area contributed by atoms with Crippen molar-refractivity contribution in [2.75, 3.05) is 13.2 Å². The second-order valence-corrected chi connectivity index (χ2v) is 11.4. The van der Waals surface area contributed by atoms with E-state index < -0.39 is 5.60 Å². The van der Waals surface area contributed by atoms with Gasteiger partial charge in [-0.25, -0.2) is 0 Å². The molecule has 4 aliphatic rings. The Morgan fingerprint density at radius 1 is 0.963 bits per heavy atom. The van der Waals surface area contributed by atoms with Crippen molar-refractivity contribution in [3.8, 4) is 0 Å². The Hall–Kier alpha value is -0.410. The van der Waals surface area contributed by atoms with Crippen LogP contribution in [0.3, 0.4) is 0 Å². The molecule has 0 aliphatic heterocycles. The SMILES string of the molecule is CC(=O)COC[C@H]1CCC2C3CC[C@H]4C[C@@](C)(O)CC[C@]4(C)C3CC[C@@]21C. The van der Waals surface area contributed by atoms with E-state index in [2.05, 4.69) is 20.8 Å². The lowest BCUT2D eigenvalue weighted by Crippen LogP contribution is -2.55. The number of hydrogen-bond acceptors (Lipinski definition) is 3. The normalized spacial score (nSPS) is 52.0. The van der Waals surface area contributed by atoms with E-state index in [0.717, 1.165) is 37.2 Å². The quantitative estimate of drug-likeness (QED) is 0.751. The molecule has 4 aliphatic carbocycles. The van der Waals surface area contributed by atoms with Crippen LogP contribution in [0.25, 0.3) is 0 Å². The summed E-state index contributed by atoms with van der Waals surface area (Å²) in [4.78, 5) is 11.2. The Kier molecular flexibility index (Phi) is 5.03. The van der Waals surface area contributed by atoms with Gasteiger partial charge in [0.25, 0.3) is 0 Å². The first-order valence-corrected chi connectivity index (χ1v) is 11.5. The molecule has 4 saturated carbocycles. The molecule has 0 aromatic heterocycles. The lowest BCUT2D eigenvalue weighted by atomic mass is 9.44. The molecule has 0 heterocycles. The standard InChI is InChI=1S/C24H40O3/c1-16(25)14-27-15-18-6-8-20-19-7-5-17-13-22(2,26)11-12-24(17,4)21(19)9-10-23(18,20)3/h17-21,26H,5-15H2,1-4H3/t17-,18+,19?,20?,21?,22-,23+,24-/m0/s1. The second-order valence-electron chi connectivity index (χ2n) is 11.4. The molecule has 0 spiro atoms. The zero-order valence-corrected chi connectivity index (χ0v) is 17.9. The number of aliphatic hydroxyl groups is 1. The molecule has 0 radical (unpaired) electrons. The molecule has 0 aromatic carbocycles. The first-order valence-electron chi connectivity index (χ1n) is 11.5. The number of carbonyl (C=O) groups is 1. The van der Waals surface area contributed by atoms with Gasteiger partial charge in [0, 0.05) is 0 Å². The van der Waals surface area contributed by atoms with Crippen LogP contribution in [0.2, 0.25) is 0 Å². The highest BCUT2D eigenvalue weighted by Crippen LogP contribution is 2.67. The van der Waals surface area contributed by atoms with Crippen LogP contribution in [0.5, 0.6) is 0 Å². The third-order valence-electron chi connectivity index (χ3n) is 9.77. The number of Topliss-reactive ketones (excluding diaryl/α,β-unsaturated/α-hetero) is 1. The van der Waals surface area contributed by atoms with Gasteiger partial charge in [-0.05, 0) is 112 Å². The van der Waals surface area contributed by atoms with Crippen LogP contribution in [0.15, 0.2) is 0 Å². The second kappa shape index (κ2) is 6.83. The molecule has 0 bridgehead atoms. The zero-order valence-electron chi connectivity index (χ0n) is 17.9. The van der Waals surface area contributed by atoms with E-state index in [1.807, 2.05) is 0 Å². The van der Waals surface area contributed by atoms with Crippen molar-refractivity contribution >= 4 is 5.78 Å². The molecule has 4 rings (SSSR count). The molecule has 1 N–H and O–H groups in total. The summed E-state index contributed by atoms with van der Waals surface area (Å²) in [6.07, 6.45) is 11.2. The zero-order chi connectivity index (χ0) is 19.4. The number of hydrogen-bond donors (Lipinski definition) is 1. The van der Waals surface area contributed by atoms with Crippen LogP contribution in [0, 0.1) is 40.4 Å². The van der Waals surface area contributed by atoms with E-state index in [4.69, 9.17) is 4.74 Å². The van der Waals surface area contributed by atoms with Crippen molar-refractivity contribution in [3.63, 3.8) is 0 Å². The van der Waals surface area contributed by atoms with Crippen LogP contribution in [-0.4, -0.2) is 29.7 Å². The highest BCUT2D eigenvalue weighted by Gasteiger charge is 2.60. The maximum atomic E-state index is 11.2. The molecule has 8 atom stereocenters. The average Bonchev–Trinajstić information content (AvgIpc) is 2.92. The lowest BCUT2D eigenvalue weighted by Gasteiger charge is -2.62. The van der Waals surface area contributed by atoms with Crippen LogP contribution in [-0.2, 0) is 9.53 Å². The first-order chi connectivity index (χ1) is 12.7. The molecule has 3 unspecified atom stereocenters. The van der Waals surface area contributed by atoms with Crippen molar-refractivity contribution < 1.29 is 14.6 Å². The Balaban J connectivity index is 1.48. The predicted octanol–water partition coefficient (Wildman–Crippen LogP) is 5.00. The first kappa shape index (κ1) is 19.9. The summed E-state index contributed by atoms with van der Waals surface area (Å²) in [5.41, 5.74) is 0.406. The van der Waals surface area contributed by atoms with Crippen LogP contribution in [0.4, 0.5) is 0 Å². The van der Waals surface area contributed by atoms with Gasteiger partial charge in [0.1, 0.15) is 6.61 Å². The fourth-order valence-electron chi connectivity index (χ4n) is 8.16. The molecule has 0 aromatic rings. The van der Waals surface area contributed by atoms with Crippen molar-refractivity contribution in [1.29, 1.82) is 0 Å². The summed E-state index contributed by atoms with van der Waals surface area (Å²) in [7, 11) is 0. The summed E-state index contributed by atoms with van der Waals surface area (Å²) >= 11 is 0. The molecular formula is C24H40O3. The highest BCUT2D eigenvalue weighted by atomic mass is 16.5. The van der Waals surface area contributed by atoms with E-state index >= 15 is 0 Å². The van der Waals surface area contributed by atoms with Gasteiger partial charge < -0.3 is 9.84 Å². The van der Waals surface area contributed by atoms with Gasteiger partial charge in [-0.2, -0.15) is 0 Å². The summed E-state index contributed by atoms with van der Waals surface area (Å²) < 4.78 is 5.78. The van der Waals surface area contributed by atoms with Gasteiger partial charge in [-0.15, -0.1) is 0 Å². The van der Waals surface area contributed by atoms with E-state index in [9.17, 15) is 9.90 Å². The number of fused-ring (bicyclic) bond motifs is 5. The fraction of sp³-hybridized carbons (Fsp3) is 0.958. The van der Waals surface area contributed by atoms with Crippen molar-refractivity contribution in [1.82, 2.24) is 0 Å². The molecule has 3 heteroatoms. The van der Waals surface area contributed by atoms with Gasteiger partial charge in [0.15, 0.2) is 5.78 Å². The third-order valence-corrected chi connectivity index (χ3v) is 9.77. The van der Waals surface area contributed by atoms with Crippen molar-refractivity contribution in [2.24, 2.45) is 40.4 Å². The minimum atomic E-state index is -0.438. The van der Waals surface area contributed by atoms with E-state index in [0.29, 0.717) is 22.7 Å². The maximum absolute atomic E-state index is 11.2. The van der Waals surface area contributed by atoms with Crippen LogP contribution < -0.4 is 0 Å². The van der Waals surface area contributed by atoms with Gasteiger partial charge >= 0.3 is 0 Å². The molecule has 4 fully saturated rings. The summed E-state index contributed by atoms with van der Waals surface area (Å²) in [6.45, 7) is 9.82. The Morgan fingerprint density at radius 3 is 2.44 bits per heavy atom. The minimum Gasteiger partial charge on any atom is -0.390 e. The smallest absolute Gasteiger partial charge is 0.155 e. The number of ether oxygens (including phenoxy) is 1. The summed E-state index contributed by atoms with van der Waals surface area (Å²) in [5.74, 6) is 4.02. The number of carbonyl (C=O) groups excluding carboxylic acids is 1. The molecule has 3 nitrogen and oxygen atoms in total. The Labute approximate surface area is 165 Å². The molecule has 0 amide bonds. The van der Waals surface area contributed by atoms with Gasteiger partial charge in [0.05, 0.1) is 12.2 Å². The minimum absolute atomic E-state index is 0.137.